The van der Waals surface area contributed by atoms with E-state index in [9.17, 15) is 18.7 Å². The van der Waals surface area contributed by atoms with Crippen molar-refractivity contribution in [2.45, 2.75) is 26.4 Å². The number of nitrogens with one attached hydrogen (secondary N) is 1. The highest BCUT2D eigenvalue weighted by molar-refractivity contribution is 5.95. The second-order valence-corrected chi connectivity index (χ2v) is 4.82. The molecule has 0 heterocycles. The number of carbonyl (C=O) groups is 1. The average Bonchev–Trinajstić information content (AvgIpc) is 2.31. The monoisotopic (exact) mass is 272 g/mol. The maximum atomic E-state index is 13.6. The molecule has 19 heavy (non-hydrogen) atoms. The zero-order chi connectivity index (χ0) is 14.6. The van der Waals surface area contributed by atoms with Crippen LogP contribution in [0.2, 0.25) is 0 Å². The quantitative estimate of drug-likeness (QED) is 0.714. The van der Waals surface area contributed by atoms with Crippen LogP contribution in [0.15, 0.2) is 12.1 Å². The van der Waals surface area contributed by atoms with Crippen molar-refractivity contribution in [3.8, 4) is 0 Å². The summed E-state index contributed by atoms with van der Waals surface area (Å²) in [4.78, 5) is 11.7. The first-order chi connectivity index (χ1) is 8.82. The number of carbonyl (C=O) groups excluding carboxylic acids is 1. The van der Waals surface area contributed by atoms with Crippen LogP contribution >= 0.6 is 0 Å². The molecule has 0 aliphatic carbocycles. The molecule has 6 heteroatoms. The summed E-state index contributed by atoms with van der Waals surface area (Å²) >= 11 is 0. The number of nitrogen functional groups attached to an aromatic ring is 1. The summed E-state index contributed by atoms with van der Waals surface area (Å²) in [7, 11) is 0. The first-order valence-corrected chi connectivity index (χ1v) is 6.02. The number of amides is 1. The van der Waals surface area contributed by atoms with Gasteiger partial charge in [-0.05, 0) is 24.5 Å². The molecule has 1 unspecified atom stereocenters. The van der Waals surface area contributed by atoms with Gasteiger partial charge in [-0.3, -0.25) is 4.79 Å². The molecule has 0 aliphatic heterocycles. The van der Waals surface area contributed by atoms with Gasteiger partial charge >= 0.3 is 0 Å². The van der Waals surface area contributed by atoms with Gasteiger partial charge in [-0.2, -0.15) is 0 Å². The van der Waals surface area contributed by atoms with Gasteiger partial charge in [0.25, 0.3) is 5.91 Å². The normalized spacial score (nSPS) is 12.5. The molecular formula is C13H18F2N2O2. The number of aliphatic hydroxyl groups is 1. The van der Waals surface area contributed by atoms with Gasteiger partial charge < -0.3 is 16.2 Å². The third-order valence-electron chi connectivity index (χ3n) is 2.59. The van der Waals surface area contributed by atoms with Crippen molar-refractivity contribution in [3.63, 3.8) is 0 Å². The van der Waals surface area contributed by atoms with Crippen molar-refractivity contribution >= 4 is 11.6 Å². The van der Waals surface area contributed by atoms with Crippen LogP contribution in [-0.4, -0.2) is 23.7 Å². The Bertz CT molecular complexity index is 464. The first kappa shape index (κ1) is 15.4. The highest BCUT2D eigenvalue weighted by Gasteiger charge is 2.20. The maximum Gasteiger partial charge on any atom is 0.257 e. The van der Waals surface area contributed by atoms with Crippen molar-refractivity contribution in [2.75, 3.05) is 12.3 Å². The summed E-state index contributed by atoms with van der Waals surface area (Å²) in [6.45, 7) is 3.77. The van der Waals surface area contributed by atoms with Crippen LogP contribution in [0.1, 0.15) is 30.6 Å². The predicted octanol–water partition coefficient (Wildman–Crippen LogP) is 1.68. The van der Waals surface area contributed by atoms with Crippen molar-refractivity contribution in [1.29, 1.82) is 0 Å². The number of rotatable bonds is 5. The Hall–Kier alpha value is -1.69. The fraction of sp³-hybridized carbons (Fsp3) is 0.462. The number of aliphatic hydroxyl groups excluding tert-OH is 1. The van der Waals surface area contributed by atoms with E-state index in [4.69, 9.17) is 5.73 Å². The van der Waals surface area contributed by atoms with E-state index in [1.165, 1.54) is 0 Å². The second kappa shape index (κ2) is 6.47. The molecule has 1 atom stereocenters. The Balaban J connectivity index is 2.72. The van der Waals surface area contributed by atoms with Crippen molar-refractivity contribution < 1.29 is 18.7 Å². The highest BCUT2D eigenvalue weighted by atomic mass is 19.1. The van der Waals surface area contributed by atoms with Crippen LogP contribution in [0, 0.1) is 17.6 Å². The van der Waals surface area contributed by atoms with Crippen LogP contribution in [0.3, 0.4) is 0 Å². The van der Waals surface area contributed by atoms with E-state index in [1.807, 2.05) is 13.8 Å². The summed E-state index contributed by atoms with van der Waals surface area (Å²) in [5.74, 6) is -2.74. The smallest absolute Gasteiger partial charge is 0.257 e. The Morgan fingerprint density at radius 2 is 2.05 bits per heavy atom. The number of halogens is 2. The molecule has 1 amide bonds. The van der Waals surface area contributed by atoms with Crippen LogP contribution < -0.4 is 11.1 Å². The minimum atomic E-state index is -1.09. The van der Waals surface area contributed by atoms with Crippen molar-refractivity contribution in [3.05, 3.63) is 29.3 Å². The van der Waals surface area contributed by atoms with Crippen LogP contribution in [0.4, 0.5) is 14.5 Å². The van der Waals surface area contributed by atoms with Crippen molar-refractivity contribution in [1.82, 2.24) is 5.32 Å². The van der Waals surface area contributed by atoms with E-state index in [0.717, 1.165) is 12.1 Å². The number of nitrogens with two attached hydrogens (primary N) is 1. The molecule has 4 nitrogen and oxygen atoms in total. The molecule has 4 N–H and O–H groups in total. The molecule has 106 valence electrons. The Kier molecular flexibility index (Phi) is 5.23. The zero-order valence-electron chi connectivity index (χ0n) is 10.9. The maximum absolute atomic E-state index is 13.6. The molecule has 0 radical (unpaired) electrons. The molecule has 0 spiro atoms. The molecule has 0 bridgehead atoms. The lowest BCUT2D eigenvalue weighted by atomic mass is 10.1. The van der Waals surface area contributed by atoms with Gasteiger partial charge in [0.05, 0.1) is 11.8 Å². The molecule has 0 saturated carbocycles. The third kappa shape index (κ3) is 4.17. The van der Waals surface area contributed by atoms with Crippen LogP contribution in [0.5, 0.6) is 0 Å². The van der Waals surface area contributed by atoms with Gasteiger partial charge in [-0.25, -0.2) is 8.78 Å². The zero-order valence-corrected chi connectivity index (χ0v) is 10.9. The van der Waals surface area contributed by atoms with Crippen LogP contribution in [-0.2, 0) is 0 Å². The van der Waals surface area contributed by atoms with Gasteiger partial charge in [0.1, 0.15) is 11.4 Å². The molecule has 0 fully saturated rings. The topological polar surface area (TPSA) is 75.3 Å². The minimum absolute atomic E-state index is 0.0648. The van der Waals surface area contributed by atoms with Gasteiger partial charge in [-0.1, -0.05) is 13.8 Å². The van der Waals surface area contributed by atoms with Gasteiger partial charge in [0.2, 0.25) is 0 Å². The number of benzene rings is 1. The molecule has 1 rings (SSSR count). The minimum Gasteiger partial charge on any atom is -0.396 e. The number of hydrogen-bond acceptors (Lipinski definition) is 3. The lowest BCUT2D eigenvalue weighted by Gasteiger charge is -2.14. The third-order valence-corrected chi connectivity index (χ3v) is 2.59. The van der Waals surface area contributed by atoms with Crippen molar-refractivity contribution in [2.24, 2.45) is 5.92 Å². The lowest BCUT2D eigenvalue weighted by Crippen LogP contribution is -2.34. The van der Waals surface area contributed by atoms with E-state index in [1.54, 1.807) is 0 Å². The number of anilines is 1. The van der Waals surface area contributed by atoms with Crippen LogP contribution in [0.25, 0.3) is 0 Å². The summed E-state index contributed by atoms with van der Waals surface area (Å²) in [6.07, 6.45) is -0.265. The van der Waals surface area contributed by atoms with E-state index in [0.29, 0.717) is 6.42 Å². The van der Waals surface area contributed by atoms with Gasteiger partial charge in [0, 0.05) is 6.54 Å². The molecule has 1 aromatic carbocycles. The Morgan fingerprint density at radius 3 is 2.63 bits per heavy atom. The van der Waals surface area contributed by atoms with Gasteiger partial charge in [-0.15, -0.1) is 0 Å². The first-order valence-electron chi connectivity index (χ1n) is 6.02. The summed E-state index contributed by atoms with van der Waals surface area (Å²) < 4.78 is 27.0. The van der Waals surface area contributed by atoms with Gasteiger partial charge in [0.15, 0.2) is 5.82 Å². The summed E-state index contributed by atoms with van der Waals surface area (Å²) in [6, 6.07) is 1.98. The standard InChI is InChI=1S/C13H18F2N2O2/c1-7(2)5-8(18)6-17-13(19)11-9(14)3-4-10(16)12(11)15/h3-4,7-8,18H,5-6,16H2,1-2H3,(H,17,19). The van der Waals surface area contributed by atoms with E-state index < -0.39 is 29.2 Å². The fourth-order valence-corrected chi connectivity index (χ4v) is 1.70. The lowest BCUT2D eigenvalue weighted by molar-refractivity contribution is 0.0892. The molecular weight excluding hydrogens is 254 g/mol. The van der Waals surface area contributed by atoms with E-state index in [2.05, 4.69) is 5.32 Å². The average molecular weight is 272 g/mol. The Morgan fingerprint density at radius 1 is 1.42 bits per heavy atom. The SMILES string of the molecule is CC(C)CC(O)CNC(=O)c1c(F)ccc(N)c1F. The van der Waals surface area contributed by atoms with E-state index >= 15 is 0 Å². The molecule has 0 aromatic heterocycles. The molecule has 1 aromatic rings. The van der Waals surface area contributed by atoms with E-state index in [-0.39, 0.29) is 18.2 Å². The largest absolute Gasteiger partial charge is 0.396 e. The highest BCUT2D eigenvalue weighted by Crippen LogP contribution is 2.18. The molecule has 0 aliphatic rings. The molecule has 0 saturated heterocycles. The fourth-order valence-electron chi connectivity index (χ4n) is 1.70. The second-order valence-electron chi connectivity index (χ2n) is 4.82. The summed E-state index contributed by atoms with van der Waals surface area (Å²) in [5.41, 5.74) is 4.26. The predicted molar refractivity (Wildman–Crippen MR) is 68.6 cm³/mol. The summed E-state index contributed by atoms with van der Waals surface area (Å²) in [5, 5.41) is 11.9. The Labute approximate surface area is 110 Å². The number of hydrogen-bond donors (Lipinski definition) is 3.